The van der Waals surface area contributed by atoms with E-state index in [1.54, 1.807) is 7.11 Å². The van der Waals surface area contributed by atoms with Crippen LogP contribution < -0.4 is 4.74 Å². The molecule has 0 radical (unpaired) electrons. The Morgan fingerprint density at radius 3 is 2.63 bits per heavy atom. The molecule has 5 heteroatoms. The van der Waals surface area contributed by atoms with Crippen LogP contribution in [0.15, 0.2) is 30.5 Å². The van der Waals surface area contributed by atoms with E-state index in [0.717, 1.165) is 22.8 Å². The lowest BCUT2D eigenvalue weighted by Crippen LogP contribution is -1.97. The van der Waals surface area contributed by atoms with Crippen molar-refractivity contribution >= 4 is 5.97 Å². The van der Waals surface area contributed by atoms with Gasteiger partial charge in [-0.05, 0) is 24.3 Å². The van der Waals surface area contributed by atoms with Gasteiger partial charge in [-0.15, -0.1) is 0 Å². The van der Waals surface area contributed by atoms with Crippen molar-refractivity contribution in [1.82, 2.24) is 9.55 Å². The van der Waals surface area contributed by atoms with Crippen molar-refractivity contribution in [3.05, 3.63) is 36.2 Å². The maximum absolute atomic E-state index is 10.6. The number of ether oxygens (including phenoxy) is 1. The highest BCUT2D eigenvalue weighted by Gasteiger charge is 2.09. The molecule has 0 saturated carbocycles. The topological polar surface area (TPSA) is 64.3 Å². The van der Waals surface area contributed by atoms with Crippen LogP contribution in [0.25, 0.3) is 11.4 Å². The summed E-state index contributed by atoms with van der Waals surface area (Å²) in [6, 6.07) is 7.62. The van der Waals surface area contributed by atoms with Gasteiger partial charge in [0.05, 0.1) is 19.2 Å². The zero-order chi connectivity index (χ0) is 13.8. The van der Waals surface area contributed by atoms with Crippen molar-refractivity contribution in [3.8, 4) is 17.1 Å². The highest BCUT2D eigenvalue weighted by atomic mass is 16.5. The van der Waals surface area contributed by atoms with E-state index in [2.05, 4.69) is 4.98 Å². The molecule has 2 rings (SSSR count). The second-order valence-electron chi connectivity index (χ2n) is 4.29. The molecule has 100 valence electrons. The second-order valence-corrected chi connectivity index (χ2v) is 4.29. The lowest BCUT2D eigenvalue weighted by molar-refractivity contribution is -0.136. The molecule has 0 bridgehead atoms. The van der Waals surface area contributed by atoms with Gasteiger partial charge in [0.1, 0.15) is 11.6 Å². The molecular formula is C14H16N2O3. The molecule has 0 aliphatic carbocycles. The fraction of sp³-hybridized carbons (Fsp3) is 0.286. The van der Waals surface area contributed by atoms with Crippen molar-refractivity contribution in [2.75, 3.05) is 7.11 Å². The number of aliphatic carboxylic acids is 1. The first kappa shape index (κ1) is 13.1. The number of aromatic nitrogens is 2. The Bertz CT molecular complexity index is 573. The predicted octanol–water partition coefficient (Wildman–Crippen LogP) is 2.11. The first-order chi connectivity index (χ1) is 9.10. The largest absolute Gasteiger partial charge is 0.497 e. The SMILES string of the molecule is COc1ccc(-c2nc(CCC(=O)O)cn2C)cc1. The van der Waals surface area contributed by atoms with Crippen LogP contribution in [0.2, 0.25) is 0 Å². The van der Waals surface area contributed by atoms with Gasteiger partial charge in [-0.25, -0.2) is 4.98 Å². The van der Waals surface area contributed by atoms with E-state index in [0.29, 0.717) is 6.42 Å². The quantitative estimate of drug-likeness (QED) is 0.894. The molecule has 1 aromatic heterocycles. The Morgan fingerprint density at radius 2 is 2.05 bits per heavy atom. The summed E-state index contributed by atoms with van der Waals surface area (Å²) in [5.74, 6) is 0.809. The van der Waals surface area contributed by atoms with Crippen molar-refractivity contribution in [3.63, 3.8) is 0 Å². The van der Waals surface area contributed by atoms with Crippen LogP contribution in [0.1, 0.15) is 12.1 Å². The van der Waals surface area contributed by atoms with E-state index in [-0.39, 0.29) is 6.42 Å². The third-order valence-corrected chi connectivity index (χ3v) is 2.87. The maximum atomic E-state index is 10.6. The maximum Gasteiger partial charge on any atom is 0.303 e. The van der Waals surface area contributed by atoms with E-state index in [1.807, 2.05) is 42.1 Å². The third kappa shape index (κ3) is 3.13. The molecule has 0 atom stereocenters. The first-order valence-electron chi connectivity index (χ1n) is 5.98. The van der Waals surface area contributed by atoms with E-state index in [1.165, 1.54) is 0 Å². The van der Waals surface area contributed by atoms with Crippen LogP contribution in [-0.4, -0.2) is 27.7 Å². The Labute approximate surface area is 111 Å². The van der Waals surface area contributed by atoms with E-state index < -0.39 is 5.97 Å². The number of carboxylic acid groups (broad SMARTS) is 1. The number of carbonyl (C=O) groups is 1. The molecule has 5 nitrogen and oxygen atoms in total. The van der Waals surface area contributed by atoms with Crippen molar-refractivity contribution in [2.45, 2.75) is 12.8 Å². The molecule has 2 aromatic rings. The Hall–Kier alpha value is -2.30. The highest BCUT2D eigenvalue weighted by Crippen LogP contribution is 2.21. The molecule has 1 N–H and O–H groups in total. The van der Waals surface area contributed by atoms with E-state index in [4.69, 9.17) is 9.84 Å². The standard InChI is InChI=1S/C14H16N2O3/c1-16-9-11(5-8-13(17)18)15-14(16)10-3-6-12(19-2)7-4-10/h3-4,6-7,9H,5,8H2,1-2H3,(H,17,18). The Kier molecular flexibility index (Phi) is 3.85. The number of benzene rings is 1. The lowest BCUT2D eigenvalue weighted by Gasteiger charge is -2.03. The van der Waals surface area contributed by atoms with Gasteiger partial charge in [0.2, 0.25) is 0 Å². The van der Waals surface area contributed by atoms with Crippen LogP contribution in [0.3, 0.4) is 0 Å². The number of imidazole rings is 1. The average molecular weight is 260 g/mol. The van der Waals surface area contributed by atoms with Gasteiger partial charge in [0.25, 0.3) is 0 Å². The van der Waals surface area contributed by atoms with Crippen LogP contribution in [-0.2, 0) is 18.3 Å². The summed E-state index contributed by atoms with van der Waals surface area (Å²) in [4.78, 5) is 15.0. The summed E-state index contributed by atoms with van der Waals surface area (Å²) >= 11 is 0. The van der Waals surface area contributed by atoms with Gasteiger partial charge in [-0.3, -0.25) is 4.79 Å². The minimum atomic E-state index is -0.809. The molecule has 1 aromatic carbocycles. The number of methoxy groups -OCH3 is 1. The van der Waals surface area contributed by atoms with E-state index in [9.17, 15) is 4.79 Å². The summed E-state index contributed by atoms with van der Waals surface area (Å²) in [6.45, 7) is 0. The molecule has 19 heavy (non-hydrogen) atoms. The number of hydrogen-bond acceptors (Lipinski definition) is 3. The summed E-state index contributed by atoms with van der Waals surface area (Å²) in [5.41, 5.74) is 1.76. The molecule has 0 amide bonds. The number of aryl methyl sites for hydroxylation is 2. The molecule has 0 saturated heterocycles. The van der Waals surface area contributed by atoms with Gasteiger partial charge in [0.15, 0.2) is 0 Å². The third-order valence-electron chi connectivity index (χ3n) is 2.87. The van der Waals surface area contributed by atoms with Crippen LogP contribution in [0, 0.1) is 0 Å². The summed E-state index contributed by atoms with van der Waals surface area (Å²) in [5, 5.41) is 8.68. The summed E-state index contributed by atoms with van der Waals surface area (Å²) in [7, 11) is 3.52. The zero-order valence-corrected chi connectivity index (χ0v) is 11.0. The molecule has 0 unspecified atom stereocenters. The second kappa shape index (κ2) is 5.56. The molecule has 0 aliphatic heterocycles. The predicted molar refractivity (Wildman–Crippen MR) is 71.2 cm³/mol. The normalized spacial score (nSPS) is 10.4. The fourth-order valence-electron chi connectivity index (χ4n) is 1.89. The zero-order valence-electron chi connectivity index (χ0n) is 11.0. The Morgan fingerprint density at radius 1 is 1.37 bits per heavy atom. The molecule has 0 aliphatic rings. The van der Waals surface area contributed by atoms with Gasteiger partial charge in [0, 0.05) is 25.2 Å². The number of rotatable bonds is 5. The Balaban J connectivity index is 2.21. The minimum absolute atomic E-state index is 0.0963. The van der Waals surface area contributed by atoms with Crippen LogP contribution in [0.5, 0.6) is 5.75 Å². The molecular weight excluding hydrogens is 244 g/mol. The van der Waals surface area contributed by atoms with Gasteiger partial charge in [-0.1, -0.05) is 0 Å². The summed E-state index contributed by atoms with van der Waals surface area (Å²) in [6.07, 6.45) is 2.40. The average Bonchev–Trinajstić information content (AvgIpc) is 2.78. The number of nitrogens with zero attached hydrogens (tertiary/aromatic N) is 2. The van der Waals surface area contributed by atoms with Gasteiger partial charge < -0.3 is 14.4 Å². The van der Waals surface area contributed by atoms with Crippen molar-refractivity contribution < 1.29 is 14.6 Å². The number of hydrogen-bond donors (Lipinski definition) is 1. The molecule has 0 spiro atoms. The lowest BCUT2D eigenvalue weighted by atomic mass is 10.2. The van der Waals surface area contributed by atoms with Crippen LogP contribution >= 0.6 is 0 Å². The number of carboxylic acids is 1. The fourth-order valence-corrected chi connectivity index (χ4v) is 1.89. The summed E-state index contributed by atoms with van der Waals surface area (Å²) < 4.78 is 7.01. The minimum Gasteiger partial charge on any atom is -0.497 e. The van der Waals surface area contributed by atoms with Gasteiger partial charge in [-0.2, -0.15) is 0 Å². The van der Waals surface area contributed by atoms with Crippen LogP contribution in [0.4, 0.5) is 0 Å². The smallest absolute Gasteiger partial charge is 0.303 e. The van der Waals surface area contributed by atoms with E-state index >= 15 is 0 Å². The first-order valence-corrected chi connectivity index (χ1v) is 5.98. The highest BCUT2D eigenvalue weighted by molar-refractivity contribution is 5.67. The van der Waals surface area contributed by atoms with Crippen molar-refractivity contribution in [1.29, 1.82) is 0 Å². The molecule has 1 heterocycles. The van der Waals surface area contributed by atoms with Gasteiger partial charge >= 0.3 is 5.97 Å². The van der Waals surface area contributed by atoms with Crippen molar-refractivity contribution in [2.24, 2.45) is 7.05 Å². The monoisotopic (exact) mass is 260 g/mol. The molecule has 0 fully saturated rings.